The van der Waals surface area contributed by atoms with Crippen LogP contribution in [0.2, 0.25) is 0 Å². The Morgan fingerprint density at radius 2 is 1.58 bits per heavy atom. The fraction of sp³-hybridized carbons (Fsp3) is 0.627. The highest BCUT2D eigenvalue weighted by Crippen LogP contribution is 2.44. The zero-order valence-electron chi connectivity index (χ0n) is 51.8. The second-order valence-electron chi connectivity index (χ2n) is 21.7. The molecule has 1 aromatic rings. The highest BCUT2D eigenvalue weighted by Gasteiger charge is 2.57. The summed E-state index contributed by atoms with van der Waals surface area (Å²) >= 11 is 0. The van der Waals surface area contributed by atoms with E-state index in [1.54, 1.807) is 27.0 Å². The number of fused-ring (bicyclic) bond motifs is 2. The number of hydrogen-bond donors (Lipinski definition) is 8. The molecule has 7 rings (SSSR count). The summed E-state index contributed by atoms with van der Waals surface area (Å²) in [5.41, 5.74) is -1.10. The van der Waals surface area contributed by atoms with Gasteiger partial charge in [0.1, 0.15) is 30.5 Å². The van der Waals surface area contributed by atoms with E-state index in [0.717, 1.165) is 7.11 Å². The van der Waals surface area contributed by atoms with Gasteiger partial charge in [0.05, 0.1) is 99.8 Å². The number of ether oxygens (including phenoxy) is 13. The van der Waals surface area contributed by atoms with Gasteiger partial charge in [0, 0.05) is 78.5 Å². The van der Waals surface area contributed by atoms with Crippen molar-refractivity contribution in [3.05, 3.63) is 65.1 Å². The SMILES string of the molecule is C=C(OC)C(=O)Nc1cc(OC)c(OC)cc1C(=O)OC1CC(OC2C(=O)C(NC(=O)OC)=C3/C(=C\CSSSC)[C@]2(O)C#C/C=C\C#C[C@@H]3OC2OC(C)C(NOC3CC(O)C(S(C)=O)C(C)O3)C(O)C2OC2CC(OC)C(NC(C)C)CO2)OC(C)C1O. The summed E-state index contributed by atoms with van der Waals surface area (Å²) in [6, 6.07) is 1.28. The van der Waals surface area contributed by atoms with Gasteiger partial charge in [-0.1, -0.05) is 71.8 Å². The van der Waals surface area contributed by atoms with Crippen LogP contribution in [0.1, 0.15) is 64.2 Å². The van der Waals surface area contributed by atoms with Crippen LogP contribution >= 0.6 is 31.4 Å². The Bertz CT molecular complexity index is 2980. The van der Waals surface area contributed by atoms with Crippen LogP contribution in [0, 0.1) is 23.7 Å². The lowest BCUT2D eigenvalue weighted by Gasteiger charge is -2.47. The van der Waals surface area contributed by atoms with E-state index in [9.17, 15) is 39.0 Å². The van der Waals surface area contributed by atoms with Crippen LogP contribution in [0.5, 0.6) is 11.5 Å². The number of methoxy groups -OCH3 is 5. The molecule has 6 aliphatic rings. The molecular formula is C59H80N4O23S4. The molecule has 4 heterocycles. The van der Waals surface area contributed by atoms with Gasteiger partial charge < -0.3 is 92.6 Å². The number of hydrogen-bond acceptors (Lipinski definition) is 28. The number of aliphatic hydroxyl groups is 4. The Balaban J connectivity index is 1.27. The van der Waals surface area contributed by atoms with Gasteiger partial charge in [0.25, 0.3) is 5.91 Å². The molecule has 27 nitrogen and oxygen atoms in total. The third-order valence-corrected chi connectivity index (χ3v) is 20.5. The molecule has 2 bridgehead atoms. The smallest absolute Gasteiger partial charge is 0.411 e. The molecule has 0 saturated carbocycles. The van der Waals surface area contributed by atoms with E-state index in [-0.39, 0.29) is 76.9 Å². The number of ketones is 1. The molecule has 31 heteroatoms. The normalized spacial score (nSPS) is 34.5. The van der Waals surface area contributed by atoms with Crippen molar-refractivity contribution in [1.29, 1.82) is 0 Å². The lowest BCUT2D eigenvalue weighted by Crippen LogP contribution is -2.65. The van der Waals surface area contributed by atoms with E-state index in [2.05, 4.69) is 51.7 Å². The van der Waals surface area contributed by atoms with Crippen LogP contribution in [0.4, 0.5) is 10.5 Å². The summed E-state index contributed by atoms with van der Waals surface area (Å²) in [5.74, 6) is 8.49. The number of aliphatic hydroxyl groups excluding tert-OH is 3. The van der Waals surface area contributed by atoms with Crippen molar-refractivity contribution in [1.82, 2.24) is 16.1 Å². The summed E-state index contributed by atoms with van der Waals surface area (Å²) in [7, 11) is 9.27. The molecule has 2 amide bonds. The average Bonchev–Trinajstić information content (AvgIpc) is 0.766. The highest BCUT2D eigenvalue weighted by molar-refractivity contribution is 9.09. The lowest BCUT2D eigenvalue weighted by molar-refractivity contribution is -0.336. The van der Waals surface area contributed by atoms with Crippen LogP contribution < -0.4 is 30.9 Å². The number of allylic oxidation sites excluding steroid dienone is 2. The van der Waals surface area contributed by atoms with Crippen LogP contribution in [0.3, 0.4) is 0 Å². The number of nitrogens with one attached hydrogen (secondary N) is 4. The third kappa shape index (κ3) is 17.5. The largest absolute Gasteiger partial charge is 0.493 e. The van der Waals surface area contributed by atoms with E-state index in [1.165, 1.54) is 90.2 Å². The molecule has 18 unspecified atom stereocenters. The Morgan fingerprint density at radius 3 is 2.23 bits per heavy atom. The Morgan fingerprint density at radius 1 is 0.878 bits per heavy atom. The number of anilines is 1. The maximum Gasteiger partial charge on any atom is 0.411 e. The highest BCUT2D eigenvalue weighted by atomic mass is 33.5. The fourth-order valence-corrected chi connectivity index (χ4v) is 14.5. The first kappa shape index (κ1) is 72.6. The third-order valence-electron chi connectivity index (χ3n) is 15.4. The first-order valence-corrected chi connectivity index (χ1v) is 34.3. The molecule has 0 spiro atoms. The van der Waals surface area contributed by atoms with Gasteiger partial charge in [-0.25, -0.2) is 9.59 Å². The summed E-state index contributed by atoms with van der Waals surface area (Å²) in [4.78, 5) is 62.4. The van der Waals surface area contributed by atoms with Crippen molar-refractivity contribution in [2.45, 2.75) is 175 Å². The maximum atomic E-state index is 15.6. The molecule has 8 N–H and O–H groups in total. The molecule has 4 fully saturated rings. The fourth-order valence-electron chi connectivity index (χ4n) is 10.9. The molecule has 0 aromatic heterocycles. The maximum absolute atomic E-state index is 15.6. The second kappa shape index (κ2) is 33.3. The van der Waals surface area contributed by atoms with E-state index >= 15 is 4.79 Å². The molecule has 2 aliphatic carbocycles. The van der Waals surface area contributed by atoms with Gasteiger partial charge in [0.2, 0.25) is 5.78 Å². The number of alkyl carbamates (subject to hydrolysis) is 1. The standard InChI is InChI=1S/C59H80N4O23S4/c1-28(2)60-36-27-78-43(25-39(36)74-8)84-52-50(66)47(63-86-45-24-37(64)53(90(13)72)31(5)80-45)29(3)81-57(52)83-38-18-16-14-15-17-20-59(71)34(19-21-88-89-87-12)46(38)48(62-58(70)77-11)51(67)54(59)85-44-26-42(49(65)30(4)79-44)82-56(69)33-22-40(75-9)41(76-10)23-35(33)61-55(68)32(6)73-7/h14-15,19,22-23,28-31,36-39,42-45,47,49-50,52-54,57,60,63-66,71H,6,21,24-27H2,1-5,7-13H3,(H,61,68)(H,62,70)/b15-14-,34-19+/t29?,30?,31?,36?,37?,38-,39?,42?,43?,44?,45?,47?,49?,50?,52?,53?,54?,57?,59+,90?/m0/s1. The number of amides is 2. The number of esters is 1. The van der Waals surface area contributed by atoms with E-state index in [1.807, 2.05) is 20.1 Å². The first-order valence-electron chi connectivity index (χ1n) is 28.6. The number of rotatable bonds is 25. The molecule has 90 heavy (non-hydrogen) atoms. The van der Waals surface area contributed by atoms with Crippen molar-refractivity contribution < 1.29 is 110 Å². The molecule has 1 aromatic carbocycles. The minimum Gasteiger partial charge on any atom is -0.493 e. The van der Waals surface area contributed by atoms with Crippen LogP contribution in [-0.4, -0.2) is 230 Å². The van der Waals surface area contributed by atoms with Crippen molar-refractivity contribution >= 4 is 71.7 Å². The molecule has 20 atom stereocenters. The van der Waals surface area contributed by atoms with Gasteiger partial charge in [0.15, 0.2) is 54.1 Å². The van der Waals surface area contributed by atoms with E-state index in [4.69, 9.17) is 66.4 Å². The Hall–Kier alpha value is -4.82. The van der Waals surface area contributed by atoms with Crippen molar-refractivity contribution in [2.24, 2.45) is 0 Å². The number of Topliss-reactive ketones (excluding diaryl/α,β-unsaturated/α-hetero) is 1. The number of carbonyl (C=O) groups is 4. The Labute approximate surface area is 536 Å². The Kier molecular flexibility index (Phi) is 26.9. The van der Waals surface area contributed by atoms with E-state index in [0.29, 0.717) is 0 Å². The summed E-state index contributed by atoms with van der Waals surface area (Å²) < 4.78 is 90.2. The number of benzene rings is 1. The predicted molar refractivity (Wildman–Crippen MR) is 330 cm³/mol. The van der Waals surface area contributed by atoms with Crippen LogP contribution in [0.15, 0.2) is 59.5 Å². The number of carbonyl (C=O) groups excluding carboxylic acids is 4. The number of hydroxylamine groups is 1. The van der Waals surface area contributed by atoms with Crippen molar-refractivity contribution in [3.8, 4) is 35.2 Å². The van der Waals surface area contributed by atoms with Gasteiger partial charge in [-0.3, -0.25) is 24.0 Å². The van der Waals surface area contributed by atoms with Gasteiger partial charge in [-0.15, -0.1) is 0 Å². The monoisotopic (exact) mass is 1340 g/mol. The minimum atomic E-state index is -2.68. The first-order chi connectivity index (χ1) is 42.9. The molecule has 0 radical (unpaired) electrons. The van der Waals surface area contributed by atoms with Crippen molar-refractivity contribution in [2.75, 3.05) is 65.7 Å². The zero-order chi connectivity index (χ0) is 65.7. The minimum absolute atomic E-state index is 0.0618. The molecule has 4 aliphatic heterocycles. The van der Waals surface area contributed by atoms with Gasteiger partial charge in [-0.05, 0) is 49.0 Å². The van der Waals surface area contributed by atoms with Crippen LogP contribution in [0.25, 0.3) is 0 Å². The lowest BCUT2D eigenvalue weighted by atomic mass is 9.73. The van der Waals surface area contributed by atoms with Crippen LogP contribution in [-0.2, 0) is 77.3 Å². The summed E-state index contributed by atoms with van der Waals surface area (Å²) in [6.07, 6.45) is -13.4. The van der Waals surface area contributed by atoms with E-state index < -0.39 is 156 Å². The summed E-state index contributed by atoms with van der Waals surface area (Å²) in [5, 5.41) is 56.3. The quantitative estimate of drug-likeness (QED) is 0.0133. The van der Waals surface area contributed by atoms with Gasteiger partial charge in [-0.2, -0.15) is 5.48 Å². The molecular weight excluding hydrogens is 1260 g/mol. The second-order valence-corrected chi connectivity index (χ2v) is 27.6. The van der Waals surface area contributed by atoms with Gasteiger partial charge >= 0.3 is 12.1 Å². The topological polar surface area (TPSA) is 344 Å². The predicted octanol–water partition coefficient (Wildman–Crippen LogP) is 2.43. The average molecular weight is 1340 g/mol. The van der Waals surface area contributed by atoms with Crippen molar-refractivity contribution in [3.63, 3.8) is 0 Å². The zero-order valence-corrected chi connectivity index (χ0v) is 55.0. The molecule has 498 valence electrons. The summed E-state index contributed by atoms with van der Waals surface area (Å²) in [6.45, 7) is 12.4. The molecule has 4 saturated heterocycles.